The minimum absolute atomic E-state index is 0.207. The smallest absolute Gasteiger partial charge is 0.323 e. The van der Waals surface area contributed by atoms with Gasteiger partial charge in [-0.05, 0) is 33.1 Å². The molecule has 4 heteroatoms. The first-order valence-electron chi connectivity index (χ1n) is 6.15. The zero-order valence-corrected chi connectivity index (χ0v) is 11.2. The van der Waals surface area contributed by atoms with Gasteiger partial charge in [-0.1, -0.05) is 12.2 Å². The van der Waals surface area contributed by atoms with E-state index in [-0.39, 0.29) is 19.6 Å². The molecule has 0 aliphatic carbocycles. The fourth-order valence-corrected chi connectivity index (χ4v) is 1.69. The van der Waals surface area contributed by atoms with Crippen LogP contribution in [0.3, 0.4) is 0 Å². The molecule has 4 nitrogen and oxygen atoms in total. The van der Waals surface area contributed by atoms with E-state index in [2.05, 4.69) is 13.2 Å². The molecule has 0 spiro atoms. The molecule has 0 fully saturated rings. The van der Waals surface area contributed by atoms with Gasteiger partial charge in [-0.25, -0.2) is 0 Å². The van der Waals surface area contributed by atoms with Gasteiger partial charge in [0.05, 0.1) is 13.2 Å². The van der Waals surface area contributed by atoms with Crippen molar-refractivity contribution in [3.8, 4) is 0 Å². The summed E-state index contributed by atoms with van der Waals surface area (Å²) in [6.07, 6.45) is 4.26. The Hall–Kier alpha value is -1.58. The van der Waals surface area contributed by atoms with Crippen molar-refractivity contribution in [3.05, 3.63) is 25.3 Å². The summed E-state index contributed by atoms with van der Waals surface area (Å²) < 4.78 is 10.0. The summed E-state index contributed by atoms with van der Waals surface area (Å²) in [6, 6.07) is 0. The van der Waals surface area contributed by atoms with Gasteiger partial charge in [0.15, 0.2) is 5.41 Å². The predicted octanol–water partition coefficient (Wildman–Crippen LogP) is 2.64. The number of rotatable bonds is 9. The number of carbonyl (C=O) groups is 2. The quantitative estimate of drug-likeness (QED) is 0.360. The van der Waals surface area contributed by atoms with E-state index in [4.69, 9.17) is 9.47 Å². The van der Waals surface area contributed by atoms with Crippen LogP contribution in [-0.4, -0.2) is 25.2 Å². The zero-order chi connectivity index (χ0) is 14.0. The summed E-state index contributed by atoms with van der Waals surface area (Å²) in [5.41, 5.74) is -1.29. The van der Waals surface area contributed by atoms with Crippen molar-refractivity contribution in [2.24, 2.45) is 5.41 Å². The number of ether oxygens (including phenoxy) is 2. The van der Waals surface area contributed by atoms with Crippen LogP contribution in [0.4, 0.5) is 0 Å². The molecule has 0 rings (SSSR count). The first-order chi connectivity index (χ1) is 8.58. The third-order valence-electron chi connectivity index (χ3n) is 2.60. The van der Waals surface area contributed by atoms with E-state index in [1.54, 1.807) is 19.9 Å². The normalized spacial score (nSPS) is 10.6. The Morgan fingerprint density at radius 2 is 1.56 bits per heavy atom. The van der Waals surface area contributed by atoms with Crippen LogP contribution >= 0.6 is 0 Å². The van der Waals surface area contributed by atoms with Crippen molar-refractivity contribution in [2.45, 2.75) is 33.1 Å². The van der Waals surface area contributed by atoms with Crippen LogP contribution in [0.25, 0.3) is 0 Å². The molecule has 0 bridgehead atoms. The fourth-order valence-electron chi connectivity index (χ4n) is 1.69. The molecule has 102 valence electrons. The number of allylic oxidation sites excluding steroid dienone is 2. The third-order valence-corrected chi connectivity index (χ3v) is 2.60. The first kappa shape index (κ1) is 16.4. The second-order valence-corrected chi connectivity index (χ2v) is 3.84. The largest absolute Gasteiger partial charge is 0.465 e. The maximum absolute atomic E-state index is 12.1. The first-order valence-corrected chi connectivity index (χ1v) is 6.15. The van der Waals surface area contributed by atoms with E-state index in [0.29, 0.717) is 12.8 Å². The van der Waals surface area contributed by atoms with E-state index in [1.807, 2.05) is 0 Å². The minimum atomic E-state index is -1.29. The van der Waals surface area contributed by atoms with Crippen LogP contribution in [0.15, 0.2) is 25.3 Å². The molecule has 0 aromatic heterocycles. The lowest BCUT2D eigenvalue weighted by Gasteiger charge is -2.27. The minimum Gasteiger partial charge on any atom is -0.465 e. The molecule has 0 radical (unpaired) electrons. The molecule has 0 amide bonds. The molecular weight excluding hydrogens is 232 g/mol. The second-order valence-electron chi connectivity index (χ2n) is 3.84. The van der Waals surface area contributed by atoms with Gasteiger partial charge in [0.2, 0.25) is 0 Å². The highest BCUT2D eigenvalue weighted by molar-refractivity contribution is 6.00. The molecule has 0 saturated heterocycles. The molecule has 0 aromatic rings. The zero-order valence-electron chi connectivity index (χ0n) is 11.2. The summed E-state index contributed by atoms with van der Waals surface area (Å²) in [5, 5.41) is 0. The van der Waals surface area contributed by atoms with Crippen LogP contribution in [0.2, 0.25) is 0 Å². The van der Waals surface area contributed by atoms with Crippen molar-refractivity contribution in [3.63, 3.8) is 0 Å². The molecule has 0 atom stereocenters. The lowest BCUT2D eigenvalue weighted by atomic mass is 9.80. The molecule has 0 aliphatic rings. The molecular formula is C14H22O4. The highest BCUT2D eigenvalue weighted by Gasteiger charge is 2.47. The molecule has 0 unspecified atom stereocenters. The number of hydrogen-bond acceptors (Lipinski definition) is 4. The average Bonchev–Trinajstić information content (AvgIpc) is 2.35. The van der Waals surface area contributed by atoms with Crippen molar-refractivity contribution in [1.29, 1.82) is 0 Å². The van der Waals surface area contributed by atoms with Crippen molar-refractivity contribution >= 4 is 11.9 Å². The predicted molar refractivity (Wildman–Crippen MR) is 69.9 cm³/mol. The number of hydrogen-bond donors (Lipinski definition) is 0. The van der Waals surface area contributed by atoms with Crippen molar-refractivity contribution < 1.29 is 19.1 Å². The van der Waals surface area contributed by atoms with E-state index in [9.17, 15) is 9.59 Å². The van der Waals surface area contributed by atoms with Gasteiger partial charge < -0.3 is 9.47 Å². The maximum atomic E-state index is 12.1. The van der Waals surface area contributed by atoms with Crippen LogP contribution in [-0.2, 0) is 19.1 Å². The lowest BCUT2D eigenvalue weighted by molar-refractivity contribution is -0.172. The summed E-state index contributed by atoms with van der Waals surface area (Å²) in [5.74, 6) is -1.10. The van der Waals surface area contributed by atoms with E-state index < -0.39 is 17.4 Å². The topological polar surface area (TPSA) is 52.6 Å². The van der Waals surface area contributed by atoms with Gasteiger partial charge in [-0.15, -0.1) is 13.2 Å². The van der Waals surface area contributed by atoms with E-state index in [0.717, 1.165) is 0 Å². The Morgan fingerprint density at radius 3 is 1.89 bits per heavy atom. The highest BCUT2D eigenvalue weighted by atomic mass is 16.6. The number of esters is 2. The van der Waals surface area contributed by atoms with Gasteiger partial charge in [-0.3, -0.25) is 9.59 Å². The highest BCUT2D eigenvalue weighted by Crippen LogP contribution is 2.32. The Kier molecular flexibility index (Phi) is 7.76. The van der Waals surface area contributed by atoms with Crippen LogP contribution in [0.1, 0.15) is 33.1 Å². The summed E-state index contributed by atoms with van der Waals surface area (Å²) in [7, 11) is 0. The molecule has 0 aromatic carbocycles. The SMILES string of the molecule is C=CCCC(CC=C)(C(=O)OCC)C(=O)OCC. The molecule has 0 aliphatic heterocycles. The summed E-state index contributed by atoms with van der Waals surface area (Å²) in [4.78, 5) is 24.1. The Labute approximate surface area is 109 Å². The van der Waals surface area contributed by atoms with Gasteiger partial charge in [-0.2, -0.15) is 0 Å². The Morgan fingerprint density at radius 1 is 1.06 bits per heavy atom. The monoisotopic (exact) mass is 254 g/mol. The lowest BCUT2D eigenvalue weighted by Crippen LogP contribution is -2.41. The Balaban J connectivity index is 5.24. The Bertz CT molecular complexity index is 289. The molecule has 0 heterocycles. The second kappa shape index (κ2) is 8.50. The van der Waals surface area contributed by atoms with E-state index >= 15 is 0 Å². The molecule has 0 N–H and O–H groups in total. The van der Waals surface area contributed by atoms with Gasteiger partial charge in [0.1, 0.15) is 0 Å². The van der Waals surface area contributed by atoms with E-state index in [1.165, 1.54) is 6.08 Å². The maximum Gasteiger partial charge on any atom is 0.323 e. The fraction of sp³-hybridized carbons (Fsp3) is 0.571. The van der Waals surface area contributed by atoms with Crippen LogP contribution < -0.4 is 0 Å². The third kappa shape index (κ3) is 4.02. The molecule has 18 heavy (non-hydrogen) atoms. The van der Waals surface area contributed by atoms with Crippen LogP contribution in [0, 0.1) is 5.41 Å². The van der Waals surface area contributed by atoms with Crippen molar-refractivity contribution in [1.82, 2.24) is 0 Å². The van der Waals surface area contributed by atoms with Gasteiger partial charge >= 0.3 is 11.9 Å². The standard InChI is InChI=1S/C14H22O4/c1-5-9-11-14(10-6-2,12(15)17-7-3)13(16)18-8-4/h5-6H,1-2,7-11H2,3-4H3. The van der Waals surface area contributed by atoms with Crippen molar-refractivity contribution in [2.75, 3.05) is 13.2 Å². The summed E-state index contributed by atoms with van der Waals surface area (Å²) >= 11 is 0. The van der Waals surface area contributed by atoms with Gasteiger partial charge in [0.25, 0.3) is 0 Å². The average molecular weight is 254 g/mol. The molecule has 0 saturated carbocycles. The number of carbonyl (C=O) groups excluding carboxylic acids is 2. The van der Waals surface area contributed by atoms with Crippen LogP contribution in [0.5, 0.6) is 0 Å². The summed E-state index contributed by atoms with van der Waals surface area (Å²) in [6.45, 7) is 11.1. The van der Waals surface area contributed by atoms with Gasteiger partial charge in [0, 0.05) is 0 Å².